The fraction of sp³-hybridized carbons (Fsp3) is 0. The Morgan fingerprint density at radius 1 is 0.295 bits per heavy atom. The maximum atomic E-state index is 2.50. The first kappa shape index (κ1) is 24.7. The normalized spacial score (nSPS) is 11.6. The lowest BCUT2D eigenvalue weighted by Crippen LogP contribution is -1.98. The molecular formula is C42H28N2. The van der Waals surface area contributed by atoms with Gasteiger partial charge >= 0.3 is 0 Å². The average Bonchev–Trinajstić information content (AvgIpc) is 3.62. The second-order valence-electron chi connectivity index (χ2n) is 11.3. The van der Waals surface area contributed by atoms with E-state index in [-0.39, 0.29) is 0 Å². The summed E-state index contributed by atoms with van der Waals surface area (Å²) in [6, 6.07) is 61.3. The summed E-state index contributed by atoms with van der Waals surface area (Å²) in [6.45, 7) is 0. The van der Waals surface area contributed by atoms with E-state index < -0.39 is 0 Å². The lowest BCUT2D eigenvalue weighted by Gasteiger charge is -2.15. The number of hydrogen-bond acceptors (Lipinski definition) is 0. The van der Waals surface area contributed by atoms with Gasteiger partial charge in [0.15, 0.2) is 0 Å². The van der Waals surface area contributed by atoms with Gasteiger partial charge in [0, 0.05) is 32.7 Å². The minimum absolute atomic E-state index is 1.18. The third-order valence-electron chi connectivity index (χ3n) is 8.93. The van der Waals surface area contributed by atoms with Crippen LogP contribution in [0.15, 0.2) is 170 Å². The van der Waals surface area contributed by atoms with Gasteiger partial charge in [-0.25, -0.2) is 0 Å². The van der Waals surface area contributed by atoms with Gasteiger partial charge in [-0.15, -0.1) is 0 Å². The van der Waals surface area contributed by atoms with Crippen molar-refractivity contribution >= 4 is 43.6 Å². The molecule has 9 rings (SSSR count). The van der Waals surface area contributed by atoms with Crippen LogP contribution < -0.4 is 0 Å². The van der Waals surface area contributed by atoms with Crippen LogP contribution in [0, 0.1) is 0 Å². The van der Waals surface area contributed by atoms with Gasteiger partial charge in [-0.2, -0.15) is 0 Å². The summed E-state index contributed by atoms with van der Waals surface area (Å²) in [5.41, 5.74) is 12.0. The molecule has 0 N–H and O–H groups in total. The molecule has 44 heavy (non-hydrogen) atoms. The molecule has 0 fully saturated rings. The fourth-order valence-electron chi connectivity index (χ4n) is 7.08. The molecule has 2 aromatic heterocycles. The summed E-state index contributed by atoms with van der Waals surface area (Å²) in [7, 11) is 0. The molecule has 0 saturated heterocycles. The van der Waals surface area contributed by atoms with Crippen molar-refractivity contribution in [2.45, 2.75) is 0 Å². The lowest BCUT2D eigenvalue weighted by molar-refractivity contribution is 1.18. The largest absolute Gasteiger partial charge is 0.309 e. The zero-order valence-corrected chi connectivity index (χ0v) is 24.1. The van der Waals surface area contributed by atoms with Crippen molar-refractivity contribution in [1.29, 1.82) is 0 Å². The van der Waals surface area contributed by atoms with Gasteiger partial charge in [-0.3, -0.25) is 0 Å². The first-order valence-corrected chi connectivity index (χ1v) is 15.1. The number of hydrogen-bond donors (Lipinski definition) is 0. The molecule has 7 aromatic carbocycles. The number of aromatic nitrogens is 2. The molecule has 0 unspecified atom stereocenters. The van der Waals surface area contributed by atoms with Crippen molar-refractivity contribution in [3.05, 3.63) is 170 Å². The molecule has 0 aliphatic heterocycles. The molecule has 9 aromatic rings. The molecule has 2 nitrogen and oxygen atoms in total. The summed E-state index contributed by atoms with van der Waals surface area (Å²) >= 11 is 0. The number of fused-ring (bicyclic) bond motifs is 7. The fourth-order valence-corrected chi connectivity index (χ4v) is 7.08. The van der Waals surface area contributed by atoms with Crippen LogP contribution in [0.1, 0.15) is 0 Å². The predicted octanol–water partition coefficient (Wildman–Crippen LogP) is 11.2. The molecule has 0 aliphatic rings. The van der Waals surface area contributed by atoms with Crippen molar-refractivity contribution < 1.29 is 0 Å². The van der Waals surface area contributed by atoms with Crippen molar-refractivity contribution in [3.63, 3.8) is 0 Å². The molecule has 2 heteroatoms. The minimum Gasteiger partial charge on any atom is -0.309 e. The molecular weight excluding hydrogens is 532 g/mol. The van der Waals surface area contributed by atoms with Crippen LogP contribution in [0.5, 0.6) is 0 Å². The van der Waals surface area contributed by atoms with Gasteiger partial charge in [0.05, 0.1) is 33.4 Å². The molecule has 2 heterocycles. The predicted molar refractivity (Wildman–Crippen MR) is 186 cm³/mol. The highest BCUT2D eigenvalue weighted by Crippen LogP contribution is 2.44. The van der Waals surface area contributed by atoms with E-state index in [1.54, 1.807) is 0 Å². The van der Waals surface area contributed by atoms with E-state index in [0.717, 1.165) is 0 Å². The second kappa shape index (κ2) is 9.86. The van der Waals surface area contributed by atoms with Crippen LogP contribution in [0.4, 0.5) is 0 Å². The van der Waals surface area contributed by atoms with Gasteiger partial charge in [0.25, 0.3) is 0 Å². The maximum absolute atomic E-state index is 2.50. The van der Waals surface area contributed by atoms with E-state index in [4.69, 9.17) is 0 Å². The van der Waals surface area contributed by atoms with Gasteiger partial charge in [-0.05, 0) is 41.5 Å². The lowest BCUT2D eigenvalue weighted by atomic mass is 10.0. The summed E-state index contributed by atoms with van der Waals surface area (Å²) in [5.74, 6) is 0. The van der Waals surface area contributed by atoms with E-state index in [9.17, 15) is 0 Å². The van der Waals surface area contributed by atoms with Crippen LogP contribution in [0.25, 0.3) is 77.2 Å². The van der Waals surface area contributed by atoms with E-state index in [0.29, 0.717) is 0 Å². The first-order chi connectivity index (χ1) is 21.9. The zero-order chi connectivity index (χ0) is 29.0. The van der Waals surface area contributed by atoms with Crippen molar-refractivity contribution in [2.24, 2.45) is 0 Å². The van der Waals surface area contributed by atoms with Crippen LogP contribution >= 0.6 is 0 Å². The number of nitrogens with zero attached hydrogens (tertiary/aromatic N) is 2. The third kappa shape index (κ3) is 3.61. The number of para-hydroxylation sites is 4. The Kier molecular flexibility index (Phi) is 5.54. The average molecular weight is 561 g/mol. The second-order valence-corrected chi connectivity index (χ2v) is 11.3. The molecule has 0 saturated carbocycles. The number of rotatable bonds is 4. The van der Waals surface area contributed by atoms with Crippen LogP contribution in [-0.2, 0) is 0 Å². The molecule has 0 bridgehead atoms. The van der Waals surface area contributed by atoms with Gasteiger partial charge in [0.2, 0.25) is 0 Å². The summed E-state index contributed by atoms with van der Waals surface area (Å²) in [6.07, 6.45) is 0. The van der Waals surface area contributed by atoms with E-state index in [2.05, 4.69) is 179 Å². The van der Waals surface area contributed by atoms with Crippen molar-refractivity contribution in [2.75, 3.05) is 0 Å². The molecule has 0 radical (unpaired) electrons. The highest BCUT2D eigenvalue weighted by Gasteiger charge is 2.22. The molecule has 0 aliphatic carbocycles. The summed E-state index contributed by atoms with van der Waals surface area (Å²) < 4.78 is 4.95. The topological polar surface area (TPSA) is 9.86 Å². The Labute approximate surface area is 255 Å². The summed E-state index contributed by atoms with van der Waals surface area (Å²) in [5, 5.41) is 5.03. The monoisotopic (exact) mass is 560 g/mol. The highest BCUT2D eigenvalue weighted by atomic mass is 15.0. The van der Waals surface area contributed by atoms with E-state index >= 15 is 0 Å². The van der Waals surface area contributed by atoms with Crippen LogP contribution in [-0.4, -0.2) is 9.13 Å². The van der Waals surface area contributed by atoms with Gasteiger partial charge < -0.3 is 9.13 Å². The highest BCUT2D eigenvalue weighted by molar-refractivity contribution is 6.26. The Bertz CT molecular complexity index is 2480. The van der Waals surface area contributed by atoms with Gasteiger partial charge in [0.1, 0.15) is 0 Å². The summed E-state index contributed by atoms with van der Waals surface area (Å²) in [4.78, 5) is 0. The first-order valence-electron chi connectivity index (χ1n) is 15.1. The van der Waals surface area contributed by atoms with Crippen LogP contribution in [0.2, 0.25) is 0 Å². The Morgan fingerprint density at radius 3 is 1.41 bits per heavy atom. The van der Waals surface area contributed by atoms with Crippen molar-refractivity contribution in [3.8, 4) is 33.6 Å². The minimum atomic E-state index is 1.18. The van der Waals surface area contributed by atoms with Gasteiger partial charge in [-0.1, -0.05) is 140 Å². The molecule has 206 valence electrons. The molecule has 0 amide bonds. The number of benzene rings is 7. The molecule has 0 spiro atoms. The molecule has 0 atom stereocenters. The SMILES string of the molecule is c1ccc(-c2ccccc2-n2c3ccccc3c3c2ccc2c4ccccc4n(-c4ccccc4-c4ccccc4)c23)cc1. The van der Waals surface area contributed by atoms with E-state index in [1.165, 1.54) is 77.2 Å². The third-order valence-corrected chi connectivity index (χ3v) is 8.93. The zero-order valence-electron chi connectivity index (χ0n) is 24.1. The van der Waals surface area contributed by atoms with E-state index in [1.807, 2.05) is 0 Å². The Morgan fingerprint density at radius 2 is 0.773 bits per heavy atom. The maximum Gasteiger partial charge on any atom is 0.0641 e. The smallest absolute Gasteiger partial charge is 0.0641 e. The Balaban J connectivity index is 1.46. The quantitative estimate of drug-likeness (QED) is 0.203. The Hall–Kier alpha value is -5.86. The van der Waals surface area contributed by atoms with Crippen LogP contribution in [0.3, 0.4) is 0 Å². The standard InChI is InChI=1S/C42H28N2/c1-3-15-29(16-4-1)31-19-7-11-23-36(31)43-39-26-14-10-22-35(39)41-40(43)28-27-34-33-21-9-13-25-38(33)44(42(34)41)37-24-12-8-20-32(37)30-17-5-2-6-18-30/h1-28H. The van der Waals surface area contributed by atoms with Crippen molar-refractivity contribution in [1.82, 2.24) is 9.13 Å².